The van der Waals surface area contributed by atoms with Crippen LogP contribution in [0.1, 0.15) is 32.6 Å². The van der Waals surface area contributed by atoms with Crippen LogP contribution in [0.2, 0.25) is 0 Å². The molecule has 3 rings (SSSR count). The minimum atomic E-state index is -0.349. The van der Waals surface area contributed by atoms with E-state index in [-0.39, 0.29) is 18.0 Å². The fraction of sp³-hybridized carbons (Fsp3) is 0.714. The molecule has 1 N–H and O–H groups in total. The minimum absolute atomic E-state index is 0.217. The Kier molecular flexibility index (Phi) is 4.00. The normalized spacial score (nSPS) is 26.2. The molecule has 1 saturated carbocycles. The largest absolute Gasteiger partial charge is 0.374 e. The fourth-order valence-electron chi connectivity index (χ4n) is 3.16. The van der Waals surface area contributed by atoms with Crippen LogP contribution in [0, 0.1) is 5.82 Å². The highest BCUT2D eigenvalue weighted by molar-refractivity contribution is 5.45. The van der Waals surface area contributed by atoms with Gasteiger partial charge >= 0.3 is 0 Å². The number of rotatable bonds is 3. The van der Waals surface area contributed by atoms with Gasteiger partial charge in [-0.25, -0.2) is 9.37 Å². The lowest BCUT2D eigenvalue weighted by molar-refractivity contribution is -0.00924. The Labute approximate surface area is 118 Å². The van der Waals surface area contributed by atoms with Gasteiger partial charge < -0.3 is 15.0 Å². The van der Waals surface area contributed by atoms with Crippen LogP contribution in [-0.2, 0) is 4.74 Å². The standard InChI is InChI=1S/C14H21FN4O/c1-2-16-14-17-9-10(15)13(18-14)19-7-8-20-12-6-4-3-5-11(12)19/h9,11-12H,2-8H2,1H3,(H,16,17,18). The molecule has 1 saturated heterocycles. The maximum Gasteiger partial charge on any atom is 0.224 e. The topological polar surface area (TPSA) is 50.3 Å². The maximum atomic E-state index is 14.1. The van der Waals surface area contributed by atoms with E-state index in [0.717, 1.165) is 19.4 Å². The van der Waals surface area contributed by atoms with Gasteiger partial charge in [-0.3, -0.25) is 0 Å². The number of hydrogen-bond donors (Lipinski definition) is 1. The number of morpholine rings is 1. The first-order chi connectivity index (χ1) is 9.79. The van der Waals surface area contributed by atoms with E-state index >= 15 is 0 Å². The lowest BCUT2D eigenvalue weighted by Crippen LogP contribution is -2.53. The summed E-state index contributed by atoms with van der Waals surface area (Å²) in [6, 6.07) is 0.247. The number of hydrogen-bond acceptors (Lipinski definition) is 5. The van der Waals surface area contributed by atoms with Crippen LogP contribution in [-0.4, -0.2) is 41.8 Å². The molecule has 20 heavy (non-hydrogen) atoms. The van der Waals surface area contributed by atoms with Crippen LogP contribution < -0.4 is 10.2 Å². The third-order valence-corrected chi connectivity index (χ3v) is 4.06. The zero-order valence-electron chi connectivity index (χ0n) is 11.8. The monoisotopic (exact) mass is 280 g/mol. The highest BCUT2D eigenvalue weighted by Gasteiger charge is 2.36. The highest BCUT2D eigenvalue weighted by atomic mass is 19.1. The zero-order chi connectivity index (χ0) is 13.9. The highest BCUT2D eigenvalue weighted by Crippen LogP contribution is 2.32. The molecule has 0 amide bonds. The summed E-state index contributed by atoms with van der Waals surface area (Å²) in [5, 5.41) is 3.04. The van der Waals surface area contributed by atoms with Gasteiger partial charge in [0.25, 0.3) is 0 Å². The van der Waals surface area contributed by atoms with E-state index in [9.17, 15) is 4.39 Å². The third kappa shape index (κ3) is 2.57. The third-order valence-electron chi connectivity index (χ3n) is 4.06. The summed E-state index contributed by atoms with van der Waals surface area (Å²) in [7, 11) is 0. The molecule has 0 aromatic carbocycles. The fourth-order valence-corrected chi connectivity index (χ4v) is 3.16. The molecule has 6 heteroatoms. The molecule has 2 atom stereocenters. The second-order valence-corrected chi connectivity index (χ2v) is 5.35. The first-order valence-electron chi connectivity index (χ1n) is 7.44. The van der Waals surface area contributed by atoms with Gasteiger partial charge in [0.15, 0.2) is 11.6 Å². The molecule has 0 radical (unpaired) electrons. The average Bonchev–Trinajstić information content (AvgIpc) is 2.49. The zero-order valence-corrected chi connectivity index (χ0v) is 11.8. The number of nitrogens with one attached hydrogen (secondary N) is 1. The van der Waals surface area contributed by atoms with E-state index in [0.29, 0.717) is 24.9 Å². The first kappa shape index (κ1) is 13.5. The molecule has 1 aromatic heterocycles. The second kappa shape index (κ2) is 5.91. The molecular weight excluding hydrogens is 259 g/mol. The molecule has 5 nitrogen and oxygen atoms in total. The number of halogens is 1. The van der Waals surface area contributed by atoms with Gasteiger partial charge in [-0.15, -0.1) is 0 Å². The minimum Gasteiger partial charge on any atom is -0.374 e. The van der Waals surface area contributed by atoms with Crippen molar-refractivity contribution in [1.82, 2.24) is 9.97 Å². The predicted molar refractivity (Wildman–Crippen MR) is 75.5 cm³/mol. The van der Waals surface area contributed by atoms with Crippen molar-refractivity contribution in [2.24, 2.45) is 0 Å². The van der Waals surface area contributed by atoms with Gasteiger partial charge in [0.1, 0.15) is 0 Å². The van der Waals surface area contributed by atoms with Gasteiger partial charge in [0, 0.05) is 13.1 Å². The van der Waals surface area contributed by atoms with Gasteiger partial charge in [-0.1, -0.05) is 12.8 Å². The van der Waals surface area contributed by atoms with Gasteiger partial charge in [-0.2, -0.15) is 4.98 Å². The Morgan fingerprint density at radius 3 is 3.15 bits per heavy atom. The molecule has 2 aliphatic rings. The Hall–Kier alpha value is -1.43. The summed E-state index contributed by atoms with van der Waals surface area (Å²) in [6.07, 6.45) is 5.96. The van der Waals surface area contributed by atoms with Crippen molar-refractivity contribution < 1.29 is 9.13 Å². The predicted octanol–water partition coefficient (Wildman–Crippen LogP) is 2.20. The molecule has 2 heterocycles. The summed E-state index contributed by atoms with van der Waals surface area (Å²) in [4.78, 5) is 10.4. The molecule has 1 aromatic rings. The Morgan fingerprint density at radius 1 is 1.45 bits per heavy atom. The van der Waals surface area contributed by atoms with Crippen LogP contribution in [0.25, 0.3) is 0 Å². The molecular formula is C14H21FN4O. The SMILES string of the molecule is CCNc1ncc(F)c(N2CCOC3CCCCC32)n1. The molecule has 0 spiro atoms. The number of nitrogens with zero attached hydrogens (tertiary/aromatic N) is 3. The van der Waals surface area contributed by atoms with E-state index in [1.807, 2.05) is 6.92 Å². The molecule has 1 aliphatic heterocycles. The van der Waals surface area contributed by atoms with Crippen LogP contribution in [0.3, 0.4) is 0 Å². The Morgan fingerprint density at radius 2 is 2.30 bits per heavy atom. The lowest BCUT2D eigenvalue weighted by atomic mass is 9.90. The average molecular weight is 280 g/mol. The van der Waals surface area contributed by atoms with E-state index in [1.165, 1.54) is 19.0 Å². The summed E-state index contributed by atoms with van der Waals surface area (Å²) >= 11 is 0. The van der Waals surface area contributed by atoms with Crippen LogP contribution in [0.5, 0.6) is 0 Å². The van der Waals surface area contributed by atoms with Crippen LogP contribution in [0.4, 0.5) is 16.2 Å². The van der Waals surface area contributed by atoms with Gasteiger partial charge in [0.05, 0.1) is 24.9 Å². The Bertz CT molecular complexity index is 468. The first-order valence-corrected chi connectivity index (χ1v) is 7.44. The molecule has 1 aliphatic carbocycles. The molecule has 2 fully saturated rings. The van der Waals surface area contributed by atoms with Crippen LogP contribution >= 0.6 is 0 Å². The van der Waals surface area contributed by atoms with Crippen molar-refractivity contribution in [3.63, 3.8) is 0 Å². The summed E-state index contributed by atoms with van der Waals surface area (Å²) in [5.41, 5.74) is 0. The van der Waals surface area contributed by atoms with E-state index in [2.05, 4.69) is 20.2 Å². The number of ether oxygens (including phenoxy) is 1. The molecule has 110 valence electrons. The number of fused-ring (bicyclic) bond motifs is 1. The van der Waals surface area contributed by atoms with Crippen molar-refractivity contribution in [2.75, 3.05) is 29.9 Å². The molecule has 2 unspecified atom stereocenters. The van der Waals surface area contributed by atoms with Gasteiger partial charge in [0.2, 0.25) is 5.95 Å². The maximum absolute atomic E-state index is 14.1. The van der Waals surface area contributed by atoms with E-state index in [4.69, 9.17) is 4.74 Å². The smallest absolute Gasteiger partial charge is 0.224 e. The molecule has 0 bridgehead atoms. The second-order valence-electron chi connectivity index (χ2n) is 5.35. The van der Waals surface area contributed by atoms with Crippen molar-refractivity contribution in [3.8, 4) is 0 Å². The Balaban J connectivity index is 1.88. The number of anilines is 2. The van der Waals surface area contributed by atoms with Gasteiger partial charge in [-0.05, 0) is 19.8 Å². The van der Waals surface area contributed by atoms with Crippen molar-refractivity contribution in [2.45, 2.75) is 44.8 Å². The summed E-state index contributed by atoms with van der Waals surface area (Å²) in [5.74, 6) is 0.553. The lowest BCUT2D eigenvalue weighted by Gasteiger charge is -2.44. The van der Waals surface area contributed by atoms with E-state index < -0.39 is 0 Å². The van der Waals surface area contributed by atoms with E-state index in [1.54, 1.807) is 0 Å². The van der Waals surface area contributed by atoms with Crippen LogP contribution in [0.15, 0.2) is 6.20 Å². The summed E-state index contributed by atoms with van der Waals surface area (Å²) in [6.45, 7) is 4.03. The number of aromatic nitrogens is 2. The summed E-state index contributed by atoms with van der Waals surface area (Å²) < 4.78 is 19.9. The van der Waals surface area contributed by atoms with Crippen molar-refractivity contribution in [3.05, 3.63) is 12.0 Å². The van der Waals surface area contributed by atoms with Crippen molar-refractivity contribution >= 4 is 11.8 Å². The quantitative estimate of drug-likeness (QED) is 0.920. The van der Waals surface area contributed by atoms with Crippen molar-refractivity contribution in [1.29, 1.82) is 0 Å².